The third-order valence-corrected chi connectivity index (χ3v) is 1.87. The number of benzene rings is 1. The van der Waals surface area contributed by atoms with Gasteiger partial charge in [0.05, 0.1) is 5.88 Å². The van der Waals surface area contributed by atoms with Gasteiger partial charge in [-0.2, -0.15) is 0 Å². The quantitative estimate of drug-likeness (QED) is 0.593. The Morgan fingerprint density at radius 2 is 2.09 bits per heavy atom. The van der Waals surface area contributed by atoms with Gasteiger partial charge in [0.15, 0.2) is 0 Å². The van der Waals surface area contributed by atoms with E-state index in [1.807, 2.05) is 30.3 Å². The smallest absolute Gasteiger partial charge is 0.134 e. The predicted octanol–water partition coefficient (Wildman–Crippen LogP) is 3.17. The zero-order valence-corrected chi connectivity index (χ0v) is 6.64. The summed E-state index contributed by atoms with van der Waals surface area (Å²) in [4.78, 5) is 0. The second-order valence-corrected chi connectivity index (χ2v) is 2.65. The first kappa shape index (κ1) is 6.74. The Bertz CT molecular complexity index is 331. The molecule has 2 rings (SSSR count). The maximum Gasteiger partial charge on any atom is 0.134 e. The first-order valence-corrected chi connectivity index (χ1v) is 3.97. The van der Waals surface area contributed by atoms with Crippen molar-refractivity contribution < 1.29 is 4.42 Å². The van der Waals surface area contributed by atoms with Crippen molar-refractivity contribution in [2.24, 2.45) is 0 Å². The van der Waals surface area contributed by atoms with Gasteiger partial charge in [0.25, 0.3) is 0 Å². The van der Waals surface area contributed by atoms with E-state index in [0.29, 0.717) is 5.88 Å². The van der Waals surface area contributed by atoms with Gasteiger partial charge in [-0.1, -0.05) is 18.2 Å². The van der Waals surface area contributed by atoms with E-state index in [2.05, 4.69) is 0 Å². The number of rotatable bonds is 1. The monoisotopic (exact) mass is 166 g/mol. The lowest BCUT2D eigenvalue weighted by Gasteiger charge is -1.83. The van der Waals surface area contributed by atoms with E-state index in [1.165, 1.54) is 0 Å². The van der Waals surface area contributed by atoms with Crippen molar-refractivity contribution in [1.29, 1.82) is 0 Å². The number of hydrogen-bond donors (Lipinski definition) is 0. The van der Waals surface area contributed by atoms with Crippen LogP contribution in [-0.4, -0.2) is 0 Å². The van der Waals surface area contributed by atoms with E-state index >= 15 is 0 Å². The molecular weight excluding hydrogens is 160 g/mol. The van der Waals surface area contributed by atoms with Gasteiger partial charge in [-0.25, -0.2) is 0 Å². The summed E-state index contributed by atoms with van der Waals surface area (Å²) in [7, 11) is 0. The second kappa shape index (κ2) is 2.59. The topological polar surface area (TPSA) is 13.1 Å². The number of alkyl halides is 1. The van der Waals surface area contributed by atoms with Crippen LogP contribution in [0.3, 0.4) is 0 Å². The molecule has 0 saturated carbocycles. The molecule has 1 nitrogen and oxygen atoms in total. The third kappa shape index (κ3) is 1.12. The maximum atomic E-state index is 5.60. The number of furan rings is 1. The summed E-state index contributed by atoms with van der Waals surface area (Å²) < 4.78 is 5.39. The van der Waals surface area contributed by atoms with E-state index in [9.17, 15) is 0 Å². The fourth-order valence-electron chi connectivity index (χ4n) is 1.10. The minimum atomic E-state index is 0.439. The van der Waals surface area contributed by atoms with Crippen molar-refractivity contribution in [3.05, 3.63) is 36.1 Å². The summed E-state index contributed by atoms with van der Waals surface area (Å²) in [5.74, 6) is 1.27. The molecule has 0 amide bonds. The van der Waals surface area contributed by atoms with E-state index in [1.54, 1.807) is 0 Å². The first-order valence-electron chi connectivity index (χ1n) is 3.43. The summed E-state index contributed by atoms with van der Waals surface area (Å²) in [6.07, 6.45) is 0. The lowest BCUT2D eigenvalue weighted by molar-refractivity contribution is 0.573. The summed E-state index contributed by atoms with van der Waals surface area (Å²) in [5, 5.41) is 1.11. The van der Waals surface area contributed by atoms with Crippen LogP contribution in [0.5, 0.6) is 0 Å². The van der Waals surface area contributed by atoms with Crippen LogP contribution in [-0.2, 0) is 5.88 Å². The van der Waals surface area contributed by atoms with Gasteiger partial charge < -0.3 is 4.42 Å². The molecule has 1 aromatic carbocycles. The van der Waals surface area contributed by atoms with Crippen molar-refractivity contribution in [1.82, 2.24) is 0 Å². The molecule has 1 heterocycles. The first-order chi connectivity index (χ1) is 5.40. The Morgan fingerprint density at radius 1 is 1.27 bits per heavy atom. The van der Waals surface area contributed by atoms with E-state index in [4.69, 9.17) is 16.0 Å². The van der Waals surface area contributed by atoms with Gasteiger partial charge in [0.1, 0.15) is 11.3 Å². The van der Waals surface area contributed by atoms with E-state index in [0.717, 1.165) is 16.7 Å². The van der Waals surface area contributed by atoms with E-state index < -0.39 is 0 Å². The molecule has 0 bridgehead atoms. The van der Waals surface area contributed by atoms with Crippen molar-refractivity contribution in [2.45, 2.75) is 5.88 Å². The van der Waals surface area contributed by atoms with Gasteiger partial charge in [-0.15, -0.1) is 11.6 Å². The molecule has 11 heavy (non-hydrogen) atoms. The van der Waals surface area contributed by atoms with Gasteiger partial charge in [0, 0.05) is 5.39 Å². The molecule has 0 N–H and O–H groups in total. The Labute approximate surface area is 69.6 Å². The molecule has 0 saturated heterocycles. The van der Waals surface area contributed by atoms with Crippen molar-refractivity contribution >= 4 is 22.6 Å². The van der Waals surface area contributed by atoms with Crippen LogP contribution < -0.4 is 0 Å². The molecule has 0 spiro atoms. The number of hydrogen-bond acceptors (Lipinski definition) is 1. The van der Waals surface area contributed by atoms with Crippen molar-refractivity contribution in [3.8, 4) is 0 Å². The normalized spacial score (nSPS) is 10.6. The molecule has 2 aromatic rings. The fraction of sp³-hybridized carbons (Fsp3) is 0.111. The van der Waals surface area contributed by atoms with Crippen molar-refractivity contribution in [2.75, 3.05) is 0 Å². The molecule has 0 aliphatic rings. The Kier molecular flexibility index (Phi) is 1.59. The number of para-hydroxylation sites is 1. The second-order valence-electron chi connectivity index (χ2n) is 2.38. The minimum Gasteiger partial charge on any atom is -0.460 e. The zero-order valence-electron chi connectivity index (χ0n) is 5.88. The van der Waals surface area contributed by atoms with Crippen LogP contribution in [0, 0.1) is 0 Å². The van der Waals surface area contributed by atoms with Gasteiger partial charge in [-0.05, 0) is 12.1 Å². The van der Waals surface area contributed by atoms with Gasteiger partial charge in [-0.3, -0.25) is 0 Å². The summed E-state index contributed by atoms with van der Waals surface area (Å²) >= 11 is 5.60. The molecule has 56 valence electrons. The van der Waals surface area contributed by atoms with Gasteiger partial charge in [0.2, 0.25) is 0 Å². The highest BCUT2D eigenvalue weighted by molar-refractivity contribution is 6.17. The average molecular weight is 167 g/mol. The molecule has 0 atom stereocenters. The van der Waals surface area contributed by atoms with Crippen LogP contribution in [0.25, 0.3) is 11.0 Å². The highest BCUT2D eigenvalue weighted by Crippen LogP contribution is 2.19. The molecule has 0 aliphatic carbocycles. The SMILES string of the molecule is ClCc1cc2ccccc2o1. The van der Waals surface area contributed by atoms with Crippen LogP contribution in [0.4, 0.5) is 0 Å². The molecule has 2 heteroatoms. The fourth-order valence-corrected chi connectivity index (χ4v) is 1.23. The van der Waals surface area contributed by atoms with Crippen LogP contribution in [0.15, 0.2) is 34.7 Å². The molecule has 0 radical (unpaired) electrons. The highest BCUT2D eigenvalue weighted by atomic mass is 35.5. The molecular formula is C9H7ClO. The lowest BCUT2D eigenvalue weighted by atomic mass is 10.2. The minimum absolute atomic E-state index is 0.439. The predicted molar refractivity (Wildman–Crippen MR) is 45.8 cm³/mol. The average Bonchev–Trinajstić information content (AvgIpc) is 2.46. The standard InChI is InChI=1S/C9H7ClO/c10-6-8-5-7-3-1-2-4-9(7)11-8/h1-5H,6H2. The molecule has 0 fully saturated rings. The molecule has 1 aromatic heterocycles. The largest absolute Gasteiger partial charge is 0.460 e. The lowest BCUT2D eigenvalue weighted by Crippen LogP contribution is -1.63. The Hall–Kier alpha value is -0.950. The zero-order chi connectivity index (χ0) is 7.68. The highest BCUT2D eigenvalue weighted by Gasteiger charge is 1.99. The van der Waals surface area contributed by atoms with Gasteiger partial charge >= 0.3 is 0 Å². The van der Waals surface area contributed by atoms with E-state index in [-0.39, 0.29) is 0 Å². The maximum absolute atomic E-state index is 5.60. The van der Waals surface area contributed by atoms with Crippen molar-refractivity contribution in [3.63, 3.8) is 0 Å². The summed E-state index contributed by atoms with van der Waals surface area (Å²) in [5.41, 5.74) is 0.906. The number of fused-ring (bicyclic) bond motifs is 1. The Morgan fingerprint density at radius 3 is 2.82 bits per heavy atom. The van der Waals surface area contributed by atoms with Crippen LogP contribution >= 0.6 is 11.6 Å². The summed E-state index contributed by atoms with van der Waals surface area (Å²) in [6.45, 7) is 0. The van der Waals surface area contributed by atoms with Crippen LogP contribution in [0.2, 0.25) is 0 Å². The number of halogens is 1. The summed E-state index contributed by atoms with van der Waals surface area (Å²) in [6, 6.07) is 9.84. The third-order valence-electron chi connectivity index (χ3n) is 1.61. The Balaban J connectivity index is 2.69. The molecule has 0 aliphatic heterocycles. The molecule has 0 unspecified atom stereocenters. The van der Waals surface area contributed by atoms with Crippen LogP contribution in [0.1, 0.15) is 5.76 Å².